The third-order valence-corrected chi connectivity index (χ3v) is 17.8. The standard InChI is InChI=1S/C64H53BN2O2S2/c1-37-28-54-62-55(29-37)67(63-38(2)30-44(31-39(63)3)64(4,5)6)53-36-57-56(68-26-11-27-69-57)35-51(53)65(62)50-32-41(43-19-24-49-47-13-8-10-15-59(47)71-61(49)34-43)20-25-52(50)66(54)45-21-16-40(17-22-45)42-18-23-48-46-12-7-9-14-58(46)70-60(48)33-42/h7-10,12-16,18-25,28-36,40H,11,17,26-27H2,1-6H3. The molecule has 4 nitrogen and oxygen atoms in total. The SMILES string of the molecule is Cc1cc2c3c(c1)N(c1c(C)cc(C(C)(C)C)cc1C)c1cc4c(cc1B3c1cc(-c3ccc5c(c3)sc3ccccc35)ccc1N2C1=CCC(c2ccc3c(c2)sc2ccccc23)C=C1)OCCCO4. The van der Waals surface area contributed by atoms with E-state index in [1.165, 1.54) is 124 Å². The lowest BCUT2D eigenvalue weighted by molar-refractivity contribution is 0.297. The van der Waals surface area contributed by atoms with Gasteiger partial charge in [0, 0.05) is 87.2 Å². The first-order valence-electron chi connectivity index (χ1n) is 25.2. The maximum Gasteiger partial charge on any atom is 0.252 e. The normalized spacial score (nSPS) is 16.1. The molecule has 1 aliphatic carbocycles. The Morgan fingerprint density at radius 2 is 1.17 bits per heavy atom. The molecular formula is C64H53BN2O2S2. The maximum atomic E-state index is 6.58. The molecule has 0 bridgehead atoms. The van der Waals surface area contributed by atoms with Crippen LogP contribution in [0.3, 0.4) is 0 Å². The maximum absolute atomic E-state index is 6.58. The van der Waals surface area contributed by atoms with Gasteiger partial charge in [-0.25, -0.2) is 0 Å². The molecular weight excluding hydrogens is 904 g/mol. The molecule has 0 radical (unpaired) electrons. The minimum Gasteiger partial charge on any atom is -0.490 e. The summed E-state index contributed by atoms with van der Waals surface area (Å²) in [5, 5.41) is 5.33. The zero-order valence-electron chi connectivity index (χ0n) is 41.0. The topological polar surface area (TPSA) is 24.9 Å². The van der Waals surface area contributed by atoms with E-state index in [2.05, 4.69) is 209 Å². The number of ether oxygens (including phenoxy) is 2. The first-order valence-corrected chi connectivity index (χ1v) is 26.8. The number of hydrogen-bond acceptors (Lipinski definition) is 6. The number of fused-ring (bicyclic) bond motifs is 11. The summed E-state index contributed by atoms with van der Waals surface area (Å²) in [6.07, 6.45) is 9.09. The molecule has 0 amide bonds. The van der Waals surface area contributed by atoms with Crippen LogP contribution in [0.5, 0.6) is 11.5 Å². The monoisotopic (exact) mass is 956 g/mol. The van der Waals surface area contributed by atoms with Crippen molar-refractivity contribution in [3.8, 4) is 22.6 Å². The molecule has 0 fully saturated rings. The molecule has 0 saturated carbocycles. The van der Waals surface area contributed by atoms with Gasteiger partial charge in [-0.05, 0) is 143 Å². The van der Waals surface area contributed by atoms with Crippen LogP contribution in [-0.4, -0.2) is 19.9 Å². The van der Waals surface area contributed by atoms with Crippen molar-refractivity contribution in [3.05, 3.63) is 191 Å². The van der Waals surface area contributed by atoms with Gasteiger partial charge >= 0.3 is 0 Å². The fourth-order valence-electron chi connectivity index (χ4n) is 12.1. The second-order valence-corrected chi connectivity index (χ2v) is 23.4. The minimum atomic E-state index is -0.0772. The Bertz CT molecular complexity index is 3940. The summed E-state index contributed by atoms with van der Waals surface area (Å²) in [6, 6.07) is 53.3. The summed E-state index contributed by atoms with van der Waals surface area (Å²) in [4.78, 5) is 5.14. The molecule has 14 rings (SSSR count). The Morgan fingerprint density at radius 1 is 0.563 bits per heavy atom. The van der Waals surface area contributed by atoms with Crippen molar-refractivity contribution in [2.24, 2.45) is 0 Å². The summed E-state index contributed by atoms with van der Waals surface area (Å²) in [6.45, 7) is 15.0. The molecule has 3 aliphatic heterocycles. The summed E-state index contributed by atoms with van der Waals surface area (Å²) in [5.74, 6) is 1.92. The van der Waals surface area contributed by atoms with Crippen LogP contribution in [-0.2, 0) is 5.41 Å². The van der Waals surface area contributed by atoms with Crippen LogP contribution >= 0.6 is 22.7 Å². The van der Waals surface area contributed by atoms with Crippen LogP contribution in [0.15, 0.2) is 163 Å². The van der Waals surface area contributed by atoms with Gasteiger partial charge in [-0.3, -0.25) is 0 Å². The molecule has 5 heterocycles. The molecule has 1 unspecified atom stereocenters. The molecule has 1 atom stereocenters. The quantitative estimate of drug-likeness (QED) is 0.164. The minimum absolute atomic E-state index is 0.0129. The summed E-state index contributed by atoms with van der Waals surface area (Å²) in [5.41, 5.74) is 19.9. The van der Waals surface area contributed by atoms with Gasteiger partial charge in [0.15, 0.2) is 11.5 Å². The van der Waals surface area contributed by atoms with E-state index in [0.29, 0.717) is 13.2 Å². The van der Waals surface area contributed by atoms with Gasteiger partial charge < -0.3 is 19.3 Å². The summed E-state index contributed by atoms with van der Waals surface area (Å²) in [7, 11) is 0. The largest absolute Gasteiger partial charge is 0.490 e. The van der Waals surface area contributed by atoms with Gasteiger partial charge in [0.25, 0.3) is 6.71 Å². The van der Waals surface area contributed by atoms with E-state index in [1.807, 2.05) is 22.7 Å². The Balaban J connectivity index is 0.976. The van der Waals surface area contributed by atoms with E-state index in [4.69, 9.17) is 9.47 Å². The Kier molecular flexibility index (Phi) is 9.63. The van der Waals surface area contributed by atoms with E-state index in [0.717, 1.165) is 30.0 Å². The van der Waals surface area contributed by atoms with Crippen LogP contribution in [0.4, 0.5) is 28.4 Å². The highest BCUT2D eigenvalue weighted by molar-refractivity contribution is 7.26. The third kappa shape index (κ3) is 6.76. The molecule has 7 heteroatoms. The third-order valence-electron chi connectivity index (χ3n) is 15.5. The predicted octanol–water partition coefficient (Wildman–Crippen LogP) is 15.9. The number of hydrogen-bond donors (Lipinski definition) is 0. The number of benzene rings is 8. The highest BCUT2D eigenvalue weighted by Gasteiger charge is 2.45. The first-order chi connectivity index (χ1) is 34.5. The van der Waals surface area contributed by atoms with Crippen molar-refractivity contribution in [2.45, 2.75) is 65.7 Å². The van der Waals surface area contributed by atoms with Gasteiger partial charge in [-0.15, -0.1) is 22.7 Å². The lowest BCUT2D eigenvalue weighted by atomic mass is 9.33. The van der Waals surface area contributed by atoms with Crippen LogP contribution in [0, 0.1) is 20.8 Å². The second kappa shape index (κ2) is 16.0. The summed E-state index contributed by atoms with van der Waals surface area (Å²) >= 11 is 3.78. The molecule has 346 valence electrons. The molecule has 10 aromatic rings. The number of thiophene rings is 2. The van der Waals surface area contributed by atoms with Crippen molar-refractivity contribution in [2.75, 3.05) is 23.0 Å². The van der Waals surface area contributed by atoms with Crippen LogP contribution in [0.1, 0.15) is 67.3 Å². The van der Waals surface area contributed by atoms with E-state index in [-0.39, 0.29) is 18.0 Å². The van der Waals surface area contributed by atoms with Crippen molar-refractivity contribution >= 4 is 115 Å². The van der Waals surface area contributed by atoms with Crippen LogP contribution in [0.25, 0.3) is 51.5 Å². The molecule has 0 saturated heterocycles. The zero-order valence-corrected chi connectivity index (χ0v) is 42.7. The fourth-order valence-corrected chi connectivity index (χ4v) is 14.4. The van der Waals surface area contributed by atoms with E-state index in [1.54, 1.807) is 0 Å². The highest BCUT2D eigenvalue weighted by Crippen LogP contribution is 2.49. The van der Waals surface area contributed by atoms with E-state index >= 15 is 0 Å². The molecule has 4 aliphatic rings. The van der Waals surface area contributed by atoms with Gasteiger partial charge in [-0.1, -0.05) is 118 Å². The summed E-state index contributed by atoms with van der Waals surface area (Å²) < 4.78 is 18.5. The number of nitrogens with zero attached hydrogens (tertiary/aromatic N) is 2. The lowest BCUT2D eigenvalue weighted by Crippen LogP contribution is -2.62. The fraction of sp³-hybridized carbons (Fsp3) is 0.188. The van der Waals surface area contributed by atoms with Crippen LogP contribution < -0.4 is 35.7 Å². The predicted molar refractivity (Wildman–Crippen MR) is 305 cm³/mol. The van der Waals surface area contributed by atoms with Crippen molar-refractivity contribution < 1.29 is 9.47 Å². The molecule has 0 N–H and O–H groups in total. The Labute approximate surface area is 424 Å². The Hall–Kier alpha value is -7.06. The van der Waals surface area contributed by atoms with Gasteiger partial charge in [-0.2, -0.15) is 0 Å². The molecule has 8 aromatic carbocycles. The first kappa shape index (κ1) is 42.8. The average Bonchev–Trinajstić information content (AvgIpc) is 3.84. The number of rotatable bonds is 4. The van der Waals surface area contributed by atoms with Crippen molar-refractivity contribution in [1.82, 2.24) is 0 Å². The number of allylic oxidation sites excluding steroid dienone is 3. The van der Waals surface area contributed by atoms with Crippen LogP contribution in [0.2, 0.25) is 0 Å². The van der Waals surface area contributed by atoms with Gasteiger partial charge in [0.1, 0.15) is 0 Å². The molecule has 2 aromatic heterocycles. The van der Waals surface area contributed by atoms with E-state index < -0.39 is 0 Å². The molecule has 71 heavy (non-hydrogen) atoms. The van der Waals surface area contributed by atoms with E-state index in [9.17, 15) is 0 Å². The lowest BCUT2D eigenvalue weighted by Gasteiger charge is -2.45. The van der Waals surface area contributed by atoms with Crippen molar-refractivity contribution in [3.63, 3.8) is 0 Å². The average molecular weight is 957 g/mol. The molecule has 0 spiro atoms. The van der Waals surface area contributed by atoms with Crippen molar-refractivity contribution in [1.29, 1.82) is 0 Å². The number of aryl methyl sites for hydroxylation is 3. The Morgan fingerprint density at radius 3 is 1.86 bits per heavy atom. The van der Waals surface area contributed by atoms with Gasteiger partial charge in [0.2, 0.25) is 0 Å². The zero-order chi connectivity index (χ0) is 47.9. The van der Waals surface area contributed by atoms with Gasteiger partial charge in [0.05, 0.1) is 18.9 Å². The highest BCUT2D eigenvalue weighted by atomic mass is 32.1. The second-order valence-electron chi connectivity index (χ2n) is 21.2. The number of anilines is 5. The smallest absolute Gasteiger partial charge is 0.252 e.